The first kappa shape index (κ1) is 8.94. The Labute approximate surface area is 59.5 Å². The highest BCUT2D eigenvalue weighted by atomic mass is 16.6. The number of aliphatic carboxylic acids is 1. The molecule has 4 heteroatoms. The monoisotopic (exact) mass is 145 g/mol. The van der Waals surface area contributed by atoms with Crippen LogP contribution in [0, 0.1) is 0 Å². The molecule has 0 aromatic carbocycles. The van der Waals surface area contributed by atoms with Crippen LogP contribution in [0.3, 0.4) is 0 Å². The maximum absolute atomic E-state index is 10.0. The summed E-state index contributed by atoms with van der Waals surface area (Å²) in [5.41, 5.74) is 0.699. The van der Waals surface area contributed by atoms with Gasteiger partial charge in [0.05, 0.1) is 12.1 Å². The highest BCUT2D eigenvalue weighted by Gasteiger charge is 1.97. The van der Waals surface area contributed by atoms with E-state index < -0.39 is 5.97 Å². The second-order valence-electron chi connectivity index (χ2n) is 1.90. The SMILES string of the molecule is CO/N=C(\C)CCC(=O)O. The van der Waals surface area contributed by atoms with Crippen molar-refractivity contribution in [1.29, 1.82) is 0 Å². The van der Waals surface area contributed by atoms with E-state index in [1.807, 2.05) is 0 Å². The minimum Gasteiger partial charge on any atom is -0.481 e. The first-order valence-electron chi connectivity index (χ1n) is 2.95. The lowest BCUT2D eigenvalue weighted by Gasteiger charge is -1.94. The smallest absolute Gasteiger partial charge is 0.303 e. The lowest BCUT2D eigenvalue weighted by molar-refractivity contribution is -0.136. The molecular formula is C6H11NO3. The van der Waals surface area contributed by atoms with Crippen molar-refractivity contribution in [2.45, 2.75) is 19.8 Å². The second kappa shape index (κ2) is 4.78. The molecule has 0 saturated carbocycles. The van der Waals surface area contributed by atoms with Crippen molar-refractivity contribution in [1.82, 2.24) is 0 Å². The summed E-state index contributed by atoms with van der Waals surface area (Å²) in [5, 5.41) is 11.8. The van der Waals surface area contributed by atoms with Gasteiger partial charge in [0, 0.05) is 0 Å². The Morgan fingerprint density at radius 1 is 1.60 bits per heavy atom. The quantitative estimate of drug-likeness (QED) is 0.471. The van der Waals surface area contributed by atoms with Gasteiger partial charge in [-0.15, -0.1) is 0 Å². The minimum atomic E-state index is -0.814. The topological polar surface area (TPSA) is 58.9 Å². The Morgan fingerprint density at radius 3 is 2.60 bits per heavy atom. The van der Waals surface area contributed by atoms with Crippen molar-refractivity contribution in [3.8, 4) is 0 Å². The fourth-order valence-corrected chi connectivity index (χ4v) is 0.489. The van der Waals surface area contributed by atoms with E-state index in [1.54, 1.807) is 6.92 Å². The third kappa shape index (κ3) is 5.08. The number of hydrogen-bond donors (Lipinski definition) is 1. The molecule has 0 spiro atoms. The van der Waals surface area contributed by atoms with Crippen LogP contribution in [0.1, 0.15) is 19.8 Å². The normalized spacial score (nSPS) is 11.2. The van der Waals surface area contributed by atoms with E-state index in [0.29, 0.717) is 12.1 Å². The highest BCUT2D eigenvalue weighted by Crippen LogP contribution is 1.92. The average molecular weight is 145 g/mol. The Balaban J connectivity index is 3.48. The Bertz CT molecular complexity index is 142. The van der Waals surface area contributed by atoms with Crippen molar-refractivity contribution >= 4 is 11.7 Å². The van der Waals surface area contributed by atoms with Crippen molar-refractivity contribution in [2.24, 2.45) is 5.16 Å². The number of rotatable bonds is 4. The number of carboxylic acids is 1. The summed E-state index contributed by atoms with van der Waals surface area (Å²) < 4.78 is 0. The van der Waals surface area contributed by atoms with Crippen LogP contribution in [-0.2, 0) is 9.63 Å². The molecule has 0 aliphatic rings. The van der Waals surface area contributed by atoms with Crippen LogP contribution in [0.5, 0.6) is 0 Å². The van der Waals surface area contributed by atoms with E-state index in [4.69, 9.17) is 5.11 Å². The summed E-state index contributed by atoms with van der Waals surface area (Å²) >= 11 is 0. The first-order chi connectivity index (χ1) is 4.66. The van der Waals surface area contributed by atoms with Crippen LogP contribution in [0.2, 0.25) is 0 Å². The molecule has 0 rings (SSSR count). The molecule has 0 fully saturated rings. The van der Waals surface area contributed by atoms with Gasteiger partial charge in [0.25, 0.3) is 0 Å². The summed E-state index contributed by atoms with van der Waals surface area (Å²) in [6.07, 6.45) is 0.557. The Morgan fingerprint density at radius 2 is 2.20 bits per heavy atom. The maximum Gasteiger partial charge on any atom is 0.303 e. The van der Waals surface area contributed by atoms with E-state index in [9.17, 15) is 4.79 Å². The standard InChI is InChI=1S/C6H11NO3/c1-5(7-10-2)3-4-6(8)9/h3-4H2,1-2H3,(H,8,9)/b7-5+. The van der Waals surface area contributed by atoms with E-state index in [1.165, 1.54) is 7.11 Å². The van der Waals surface area contributed by atoms with Gasteiger partial charge in [-0.1, -0.05) is 5.16 Å². The van der Waals surface area contributed by atoms with Gasteiger partial charge in [0.1, 0.15) is 7.11 Å². The van der Waals surface area contributed by atoms with Crippen molar-refractivity contribution in [2.75, 3.05) is 7.11 Å². The molecular weight excluding hydrogens is 134 g/mol. The molecule has 1 N–H and O–H groups in total. The molecule has 0 heterocycles. The molecule has 10 heavy (non-hydrogen) atoms. The second-order valence-corrected chi connectivity index (χ2v) is 1.90. The van der Waals surface area contributed by atoms with Crippen LogP contribution in [-0.4, -0.2) is 23.9 Å². The van der Waals surface area contributed by atoms with Crippen LogP contribution in [0.25, 0.3) is 0 Å². The maximum atomic E-state index is 10.0. The molecule has 0 aliphatic heterocycles. The van der Waals surface area contributed by atoms with Crippen molar-refractivity contribution in [3.63, 3.8) is 0 Å². The summed E-state index contributed by atoms with van der Waals surface area (Å²) in [6.45, 7) is 1.73. The third-order valence-electron chi connectivity index (χ3n) is 0.948. The minimum absolute atomic E-state index is 0.110. The summed E-state index contributed by atoms with van der Waals surface area (Å²) in [5.74, 6) is -0.814. The average Bonchev–Trinajstić information content (AvgIpc) is 1.85. The first-order valence-corrected chi connectivity index (χ1v) is 2.95. The van der Waals surface area contributed by atoms with Gasteiger partial charge in [-0.3, -0.25) is 4.79 Å². The third-order valence-corrected chi connectivity index (χ3v) is 0.948. The summed E-state index contributed by atoms with van der Waals surface area (Å²) in [7, 11) is 1.43. The number of nitrogens with zero attached hydrogens (tertiary/aromatic N) is 1. The van der Waals surface area contributed by atoms with Crippen LogP contribution < -0.4 is 0 Å². The molecule has 0 aromatic rings. The van der Waals surface area contributed by atoms with E-state index in [-0.39, 0.29) is 6.42 Å². The number of hydrogen-bond acceptors (Lipinski definition) is 3. The van der Waals surface area contributed by atoms with Gasteiger partial charge < -0.3 is 9.94 Å². The largest absolute Gasteiger partial charge is 0.481 e. The lowest BCUT2D eigenvalue weighted by atomic mass is 10.2. The molecule has 4 nitrogen and oxygen atoms in total. The zero-order valence-electron chi connectivity index (χ0n) is 6.13. The summed E-state index contributed by atoms with van der Waals surface area (Å²) in [4.78, 5) is 14.4. The molecule has 0 aromatic heterocycles. The molecule has 0 aliphatic carbocycles. The predicted molar refractivity (Wildman–Crippen MR) is 37.0 cm³/mol. The van der Waals surface area contributed by atoms with Crippen molar-refractivity contribution in [3.05, 3.63) is 0 Å². The van der Waals surface area contributed by atoms with E-state index >= 15 is 0 Å². The highest BCUT2D eigenvalue weighted by molar-refractivity contribution is 5.84. The van der Waals surface area contributed by atoms with Gasteiger partial charge in [0.2, 0.25) is 0 Å². The fourth-order valence-electron chi connectivity index (χ4n) is 0.489. The molecule has 0 amide bonds. The van der Waals surface area contributed by atoms with Crippen LogP contribution >= 0.6 is 0 Å². The Kier molecular flexibility index (Phi) is 4.28. The number of carbonyl (C=O) groups is 1. The van der Waals surface area contributed by atoms with Crippen LogP contribution in [0.4, 0.5) is 0 Å². The molecule has 0 unspecified atom stereocenters. The number of oxime groups is 1. The predicted octanol–water partition coefficient (Wildman–Crippen LogP) is 0.874. The molecule has 0 saturated heterocycles. The molecule has 58 valence electrons. The molecule has 0 radical (unpaired) electrons. The van der Waals surface area contributed by atoms with Gasteiger partial charge in [0.15, 0.2) is 0 Å². The van der Waals surface area contributed by atoms with E-state index in [2.05, 4.69) is 9.99 Å². The van der Waals surface area contributed by atoms with Gasteiger partial charge in [-0.05, 0) is 13.3 Å². The lowest BCUT2D eigenvalue weighted by Crippen LogP contribution is -1.99. The molecule has 0 bridgehead atoms. The zero-order chi connectivity index (χ0) is 7.98. The fraction of sp³-hybridized carbons (Fsp3) is 0.667. The number of carboxylic acid groups (broad SMARTS) is 1. The van der Waals surface area contributed by atoms with Crippen molar-refractivity contribution < 1.29 is 14.7 Å². The van der Waals surface area contributed by atoms with Gasteiger partial charge in [-0.25, -0.2) is 0 Å². The molecule has 0 atom stereocenters. The zero-order valence-corrected chi connectivity index (χ0v) is 6.13. The van der Waals surface area contributed by atoms with E-state index in [0.717, 1.165) is 0 Å². The summed E-state index contributed by atoms with van der Waals surface area (Å²) in [6, 6.07) is 0. The Hall–Kier alpha value is -1.06. The van der Waals surface area contributed by atoms with Gasteiger partial charge >= 0.3 is 5.97 Å². The van der Waals surface area contributed by atoms with Crippen LogP contribution in [0.15, 0.2) is 5.16 Å². The van der Waals surface area contributed by atoms with Gasteiger partial charge in [-0.2, -0.15) is 0 Å².